The lowest BCUT2D eigenvalue weighted by molar-refractivity contribution is 0.0696. The zero-order valence-corrected chi connectivity index (χ0v) is 11.4. The molecule has 0 saturated heterocycles. The van der Waals surface area contributed by atoms with Crippen LogP contribution in [-0.4, -0.2) is 25.7 Å². The Morgan fingerprint density at radius 2 is 2.10 bits per heavy atom. The molecule has 0 aliphatic rings. The Hall–Kier alpha value is -2.28. The van der Waals surface area contributed by atoms with Crippen molar-refractivity contribution >= 4 is 15.8 Å². The Kier molecular flexibility index (Phi) is 3.80. The second-order valence-corrected chi connectivity index (χ2v) is 6.16. The predicted octanol–water partition coefficient (Wildman–Crippen LogP) is 1.96. The first-order valence-corrected chi connectivity index (χ1v) is 7.49. The number of hydrogen-bond acceptors (Lipinski definition) is 5. The fourth-order valence-electron chi connectivity index (χ4n) is 1.52. The maximum absolute atomic E-state index is 11.4. The number of aromatic carboxylic acids is 1. The molecule has 1 aromatic heterocycles. The summed E-state index contributed by atoms with van der Waals surface area (Å²) in [5.41, 5.74) is 0.0356. The van der Waals surface area contributed by atoms with Crippen LogP contribution in [0.2, 0.25) is 0 Å². The molecule has 0 unspecified atom stereocenters. The first-order chi connectivity index (χ1) is 9.36. The number of furan rings is 1. The molecular weight excluding hydrogens is 284 g/mol. The van der Waals surface area contributed by atoms with Crippen molar-refractivity contribution in [2.24, 2.45) is 0 Å². The van der Waals surface area contributed by atoms with Crippen LogP contribution in [0.3, 0.4) is 0 Å². The summed E-state index contributed by atoms with van der Waals surface area (Å²) in [6.07, 6.45) is 2.23. The molecule has 1 aromatic carbocycles. The van der Waals surface area contributed by atoms with E-state index in [1.807, 2.05) is 0 Å². The fourth-order valence-corrected chi connectivity index (χ4v) is 2.17. The maximum Gasteiger partial charge on any atom is 0.338 e. The van der Waals surface area contributed by atoms with E-state index >= 15 is 0 Å². The second kappa shape index (κ2) is 5.38. The van der Waals surface area contributed by atoms with Gasteiger partial charge in [0, 0.05) is 6.26 Å². The molecule has 0 aliphatic heterocycles. The van der Waals surface area contributed by atoms with Gasteiger partial charge in [-0.2, -0.15) is 0 Å². The first-order valence-electron chi connectivity index (χ1n) is 5.60. The molecule has 6 nitrogen and oxygen atoms in total. The number of carboxylic acids is 1. The lowest BCUT2D eigenvalue weighted by Gasteiger charge is -2.05. The molecule has 2 aromatic rings. The Balaban J connectivity index is 2.09. The summed E-state index contributed by atoms with van der Waals surface area (Å²) in [6.45, 7) is 0.0144. The van der Waals surface area contributed by atoms with Crippen LogP contribution in [0, 0.1) is 0 Å². The summed E-state index contributed by atoms with van der Waals surface area (Å²) >= 11 is 0. The molecular formula is C13H12O6S. The number of carbonyl (C=O) groups is 1. The molecule has 0 atom stereocenters. The molecule has 0 amide bonds. The monoisotopic (exact) mass is 296 g/mol. The zero-order chi connectivity index (χ0) is 14.8. The predicted molar refractivity (Wildman–Crippen MR) is 69.6 cm³/mol. The first kappa shape index (κ1) is 14.1. The molecule has 0 aliphatic carbocycles. The molecule has 0 saturated carbocycles. The summed E-state index contributed by atoms with van der Waals surface area (Å²) < 4.78 is 33.2. The number of rotatable bonds is 5. The lowest BCUT2D eigenvalue weighted by Crippen LogP contribution is -1.99. The third-order valence-corrected chi connectivity index (χ3v) is 3.63. The highest BCUT2D eigenvalue weighted by atomic mass is 32.2. The quantitative estimate of drug-likeness (QED) is 0.906. The van der Waals surface area contributed by atoms with E-state index in [1.165, 1.54) is 18.2 Å². The number of benzene rings is 1. The van der Waals surface area contributed by atoms with Gasteiger partial charge in [0.05, 0.1) is 10.5 Å². The Morgan fingerprint density at radius 1 is 1.35 bits per heavy atom. The Bertz CT molecular complexity index is 729. The zero-order valence-electron chi connectivity index (χ0n) is 10.6. The van der Waals surface area contributed by atoms with Crippen LogP contribution in [0.5, 0.6) is 5.75 Å². The van der Waals surface area contributed by atoms with Crippen molar-refractivity contribution in [1.29, 1.82) is 0 Å². The van der Waals surface area contributed by atoms with Gasteiger partial charge in [0.2, 0.25) is 0 Å². The highest BCUT2D eigenvalue weighted by Crippen LogP contribution is 2.19. The van der Waals surface area contributed by atoms with Crippen LogP contribution in [0.4, 0.5) is 0 Å². The van der Waals surface area contributed by atoms with Crippen molar-refractivity contribution in [1.82, 2.24) is 0 Å². The van der Waals surface area contributed by atoms with Gasteiger partial charge < -0.3 is 14.3 Å². The van der Waals surface area contributed by atoms with E-state index in [-0.39, 0.29) is 17.1 Å². The highest BCUT2D eigenvalue weighted by Gasteiger charge is 2.10. The summed E-state index contributed by atoms with van der Waals surface area (Å²) in [5.74, 6) is -0.382. The summed E-state index contributed by atoms with van der Waals surface area (Å²) in [4.78, 5) is 10.8. The van der Waals surface area contributed by atoms with Gasteiger partial charge >= 0.3 is 5.97 Å². The van der Waals surface area contributed by atoms with Crippen molar-refractivity contribution in [2.75, 3.05) is 6.26 Å². The average molecular weight is 296 g/mol. The van der Waals surface area contributed by atoms with Gasteiger partial charge in [0.25, 0.3) is 0 Å². The van der Waals surface area contributed by atoms with Gasteiger partial charge in [-0.05, 0) is 24.3 Å². The molecule has 0 spiro atoms. The molecule has 0 fully saturated rings. The Labute approximate surface area is 115 Å². The molecule has 7 heteroatoms. The highest BCUT2D eigenvalue weighted by molar-refractivity contribution is 7.90. The maximum atomic E-state index is 11.4. The van der Waals surface area contributed by atoms with Crippen molar-refractivity contribution in [3.63, 3.8) is 0 Å². The smallest absolute Gasteiger partial charge is 0.338 e. The normalized spacial score (nSPS) is 11.2. The summed E-state index contributed by atoms with van der Waals surface area (Å²) in [5, 5.41) is 8.74. The molecule has 1 heterocycles. The van der Waals surface area contributed by atoms with Crippen LogP contribution < -0.4 is 4.74 Å². The Morgan fingerprint density at radius 3 is 2.70 bits per heavy atom. The van der Waals surface area contributed by atoms with E-state index in [2.05, 4.69) is 0 Å². The SMILES string of the molecule is CS(=O)(=O)c1cccc(OCc2cc(C(=O)O)co2)c1. The molecule has 0 bridgehead atoms. The van der Waals surface area contributed by atoms with Crippen LogP contribution in [-0.2, 0) is 16.4 Å². The van der Waals surface area contributed by atoms with Crippen molar-refractivity contribution in [3.05, 3.63) is 47.9 Å². The number of carboxylic acid groups (broad SMARTS) is 1. The van der Waals surface area contributed by atoms with Crippen LogP contribution in [0.25, 0.3) is 0 Å². The van der Waals surface area contributed by atoms with Gasteiger partial charge in [-0.25, -0.2) is 13.2 Å². The molecule has 1 N–H and O–H groups in total. The van der Waals surface area contributed by atoms with Crippen LogP contribution in [0.1, 0.15) is 16.1 Å². The van der Waals surface area contributed by atoms with E-state index in [9.17, 15) is 13.2 Å². The van der Waals surface area contributed by atoms with Crippen molar-refractivity contribution in [3.8, 4) is 5.75 Å². The number of sulfone groups is 1. The van der Waals surface area contributed by atoms with Gasteiger partial charge in [0.1, 0.15) is 24.4 Å². The number of ether oxygens (including phenoxy) is 1. The van der Waals surface area contributed by atoms with Crippen molar-refractivity contribution in [2.45, 2.75) is 11.5 Å². The standard InChI is InChI=1S/C13H12O6S/c1-20(16,17)12-4-2-3-10(6-12)19-8-11-5-9(7-18-11)13(14)15/h2-7H,8H2,1H3,(H,14,15). The van der Waals surface area contributed by atoms with E-state index in [0.29, 0.717) is 11.5 Å². The summed E-state index contributed by atoms with van der Waals surface area (Å²) in [6, 6.07) is 7.39. The largest absolute Gasteiger partial charge is 0.486 e. The molecule has 0 radical (unpaired) electrons. The van der Waals surface area contributed by atoms with Crippen molar-refractivity contribution < 1.29 is 27.5 Å². The minimum atomic E-state index is -3.30. The minimum Gasteiger partial charge on any atom is -0.486 e. The molecule has 2 rings (SSSR count). The van der Waals surface area contributed by atoms with Gasteiger partial charge in [-0.1, -0.05) is 6.07 Å². The second-order valence-electron chi connectivity index (χ2n) is 4.14. The van der Waals surface area contributed by atoms with E-state index in [4.69, 9.17) is 14.3 Å². The average Bonchev–Trinajstić information content (AvgIpc) is 2.85. The number of hydrogen-bond donors (Lipinski definition) is 1. The molecule has 20 heavy (non-hydrogen) atoms. The summed E-state index contributed by atoms with van der Waals surface area (Å²) in [7, 11) is -3.30. The third kappa shape index (κ3) is 3.39. The third-order valence-electron chi connectivity index (χ3n) is 2.52. The van der Waals surface area contributed by atoms with E-state index in [0.717, 1.165) is 12.5 Å². The minimum absolute atomic E-state index is 0.0144. The van der Waals surface area contributed by atoms with Gasteiger partial charge in [-0.3, -0.25) is 0 Å². The van der Waals surface area contributed by atoms with Crippen LogP contribution in [0.15, 0.2) is 45.9 Å². The van der Waals surface area contributed by atoms with E-state index in [1.54, 1.807) is 12.1 Å². The van der Waals surface area contributed by atoms with Gasteiger partial charge in [0.15, 0.2) is 9.84 Å². The van der Waals surface area contributed by atoms with E-state index < -0.39 is 15.8 Å². The lowest BCUT2D eigenvalue weighted by atomic mass is 10.3. The topological polar surface area (TPSA) is 93.8 Å². The fraction of sp³-hybridized carbons (Fsp3) is 0.154. The van der Waals surface area contributed by atoms with Crippen LogP contribution >= 0.6 is 0 Å². The van der Waals surface area contributed by atoms with Gasteiger partial charge in [-0.15, -0.1) is 0 Å². The molecule has 106 valence electrons.